The Morgan fingerprint density at radius 2 is 1.71 bits per heavy atom. The van der Waals surface area contributed by atoms with Crippen molar-refractivity contribution in [2.24, 2.45) is 0 Å². The first-order chi connectivity index (χ1) is 9.95. The van der Waals surface area contributed by atoms with Gasteiger partial charge in [-0.1, -0.05) is 12.8 Å². The van der Waals surface area contributed by atoms with Crippen molar-refractivity contribution in [2.75, 3.05) is 17.7 Å². The van der Waals surface area contributed by atoms with Crippen LogP contribution in [0.3, 0.4) is 0 Å². The Labute approximate surface area is 131 Å². The van der Waals surface area contributed by atoms with E-state index in [1.165, 1.54) is 19.1 Å². The Hall–Kier alpha value is -1.11. The van der Waals surface area contributed by atoms with E-state index in [-0.39, 0.29) is 10.8 Å². The summed E-state index contributed by atoms with van der Waals surface area (Å²) in [5.74, 6) is 0.451. The summed E-state index contributed by atoms with van der Waals surface area (Å²) in [7, 11) is -3.49. The van der Waals surface area contributed by atoms with Crippen molar-refractivity contribution in [1.29, 1.82) is 0 Å². The molecule has 0 aliphatic heterocycles. The van der Waals surface area contributed by atoms with Gasteiger partial charge in [-0.2, -0.15) is 0 Å². The summed E-state index contributed by atoms with van der Waals surface area (Å²) < 4.78 is 26.6. The van der Waals surface area contributed by atoms with Crippen molar-refractivity contribution in [3.63, 3.8) is 0 Å². The molecule has 118 valence electrons. The van der Waals surface area contributed by atoms with Gasteiger partial charge in [0.2, 0.25) is 15.9 Å². The Bertz CT molecular complexity index is 544. The van der Waals surface area contributed by atoms with E-state index in [1.807, 2.05) is 0 Å². The molecule has 0 heterocycles. The molecule has 0 aromatic heterocycles. The molecule has 0 aliphatic carbocycles. The average molecular weight is 333 g/mol. The number of hydrogen-bond acceptors (Lipinski definition) is 3. The molecule has 0 radical (unpaired) electrons. The Morgan fingerprint density at radius 1 is 1.10 bits per heavy atom. The maximum absolute atomic E-state index is 12.0. The number of hydrogen-bond donors (Lipinski definition) is 2. The lowest BCUT2D eigenvalue weighted by molar-refractivity contribution is -0.114. The van der Waals surface area contributed by atoms with Gasteiger partial charge < -0.3 is 5.32 Å². The van der Waals surface area contributed by atoms with Gasteiger partial charge in [0, 0.05) is 25.0 Å². The lowest BCUT2D eigenvalue weighted by Crippen LogP contribution is -2.24. The number of benzene rings is 1. The molecule has 21 heavy (non-hydrogen) atoms. The smallest absolute Gasteiger partial charge is 0.240 e. The number of rotatable bonds is 9. The van der Waals surface area contributed by atoms with Gasteiger partial charge in [0.1, 0.15) is 0 Å². The molecule has 7 heteroatoms. The maximum Gasteiger partial charge on any atom is 0.240 e. The minimum atomic E-state index is -3.49. The van der Waals surface area contributed by atoms with Crippen molar-refractivity contribution in [1.82, 2.24) is 4.72 Å². The second kappa shape index (κ2) is 9.02. The molecule has 0 spiro atoms. The SMILES string of the molecule is CC(=O)Nc1ccc(S(=O)(=O)NCCCCCCCl)cc1. The molecule has 1 aromatic carbocycles. The molecular weight excluding hydrogens is 312 g/mol. The van der Waals surface area contributed by atoms with Crippen LogP contribution >= 0.6 is 11.6 Å². The van der Waals surface area contributed by atoms with E-state index in [2.05, 4.69) is 10.0 Å². The lowest BCUT2D eigenvalue weighted by atomic mass is 10.2. The fraction of sp³-hybridized carbons (Fsp3) is 0.500. The van der Waals surface area contributed by atoms with Gasteiger partial charge in [0.25, 0.3) is 0 Å². The second-order valence-corrected chi connectivity index (χ2v) is 6.85. The van der Waals surface area contributed by atoms with Crippen LogP contribution in [0.5, 0.6) is 0 Å². The van der Waals surface area contributed by atoms with Crippen LogP contribution in [-0.2, 0) is 14.8 Å². The predicted molar refractivity (Wildman–Crippen MR) is 85.1 cm³/mol. The highest BCUT2D eigenvalue weighted by Gasteiger charge is 2.12. The average Bonchev–Trinajstić information content (AvgIpc) is 2.42. The fourth-order valence-electron chi connectivity index (χ4n) is 1.78. The van der Waals surface area contributed by atoms with E-state index in [0.717, 1.165) is 25.7 Å². The number of carbonyl (C=O) groups is 1. The molecule has 0 saturated carbocycles. The summed E-state index contributed by atoms with van der Waals surface area (Å²) in [5.41, 5.74) is 0.572. The topological polar surface area (TPSA) is 75.3 Å². The van der Waals surface area contributed by atoms with Crippen LogP contribution in [0, 0.1) is 0 Å². The third kappa shape index (κ3) is 6.93. The highest BCUT2D eigenvalue weighted by Crippen LogP contribution is 2.14. The quantitative estimate of drug-likeness (QED) is 0.539. The van der Waals surface area contributed by atoms with Gasteiger partial charge in [-0.05, 0) is 37.1 Å². The monoisotopic (exact) mass is 332 g/mol. The van der Waals surface area contributed by atoms with E-state index < -0.39 is 10.0 Å². The number of alkyl halides is 1. The first kappa shape index (κ1) is 17.9. The molecular formula is C14H21ClN2O3S. The Kier molecular flexibility index (Phi) is 7.71. The van der Waals surface area contributed by atoms with Gasteiger partial charge in [-0.15, -0.1) is 11.6 Å². The molecule has 0 unspecified atom stereocenters. The zero-order valence-electron chi connectivity index (χ0n) is 12.1. The largest absolute Gasteiger partial charge is 0.326 e. The highest BCUT2D eigenvalue weighted by atomic mass is 35.5. The summed E-state index contributed by atoms with van der Waals surface area (Å²) in [6.07, 6.45) is 3.71. The zero-order valence-corrected chi connectivity index (χ0v) is 13.6. The first-order valence-corrected chi connectivity index (χ1v) is 8.91. The molecule has 0 bridgehead atoms. The minimum absolute atomic E-state index is 0.192. The van der Waals surface area contributed by atoms with Gasteiger partial charge in [-0.3, -0.25) is 4.79 Å². The number of sulfonamides is 1. The number of halogens is 1. The predicted octanol–water partition coefficient (Wildman–Crippen LogP) is 2.72. The molecule has 0 saturated heterocycles. The molecule has 0 fully saturated rings. The van der Waals surface area contributed by atoms with Crippen molar-refractivity contribution >= 4 is 33.2 Å². The van der Waals surface area contributed by atoms with Crippen LogP contribution in [0.25, 0.3) is 0 Å². The molecule has 0 aliphatic rings. The van der Waals surface area contributed by atoms with Crippen LogP contribution in [0.4, 0.5) is 5.69 Å². The maximum atomic E-state index is 12.0. The number of amides is 1. The van der Waals surface area contributed by atoms with E-state index >= 15 is 0 Å². The van der Waals surface area contributed by atoms with Gasteiger partial charge in [0.15, 0.2) is 0 Å². The molecule has 0 atom stereocenters. The number of anilines is 1. The zero-order chi connectivity index (χ0) is 15.7. The van der Waals surface area contributed by atoms with Crippen molar-refractivity contribution in [2.45, 2.75) is 37.5 Å². The van der Waals surface area contributed by atoms with Crippen LogP contribution in [0.1, 0.15) is 32.6 Å². The molecule has 1 aromatic rings. The first-order valence-electron chi connectivity index (χ1n) is 6.89. The fourth-order valence-corrected chi connectivity index (χ4v) is 3.05. The van der Waals surface area contributed by atoms with Crippen LogP contribution in [0.15, 0.2) is 29.2 Å². The molecule has 5 nitrogen and oxygen atoms in total. The summed E-state index contributed by atoms with van der Waals surface area (Å²) in [5, 5.41) is 2.59. The van der Waals surface area contributed by atoms with Crippen molar-refractivity contribution in [3.8, 4) is 0 Å². The minimum Gasteiger partial charge on any atom is -0.326 e. The highest BCUT2D eigenvalue weighted by molar-refractivity contribution is 7.89. The molecule has 2 N–H and O–H groups in total. The summed E-state index contributed by atoms with van der Waals surface area (Å²) in [6.45, 7) is 1.81. The summed E-state index contributed by atoms with van der Waals surface area (Å²) >= 11 is 5.57. The van der Waals surface area contributed by atoms with E-state index in [0.29, 0.717) is 18.1 Å². The van der Waals surface area contributed by atoms with E-state index in [4.69, 9.17) is 11.6 Å². The van der Waals surface area contributed by atoms with E-state index in [1.54, 1.807) is 12.1 Å². The lowest BCUT2D eigenvalue weighted by Gasteiger charge is -2.08. The number of nitrogens with one attached hydrogen (secondary N) is 2. The van der Waals surface area contributed by atoms with Gasteiger partial charge in [0.05, 0.1) is 4.90 Å². The van der Waals surface area contributed by atoms with Crippen molar-refractivity contribution in [3.05, 3.63) is 24.3 Å². The van der Waals surface area contributed by atoms with Crippen molar-refractivity contribution < 1.29 is 13.2 Å². The summed E-state index contributed by atoms with van der Waals surface area (Å²) in [6, 6.07) is 6.08. The third-order valence-corrected chi connectivity index (χ3v) is 4.58. The standard InChI is InChI=1S/C14H21ClN2O3S/c1-12(18)17-13-6-8-14(9-7-13)21(19,20)16-11-5-3-2-4-10-15/h6-9,16H,2-5,10-11H2,1H3,(H,17,18). The number of carbonyl (C=O) groups excluding carboxylic acids is 1. The summed E-state index contributed by atoms with van der Waals surface area (Å²) in [4.78, 5) is 11.1. The molecule has 1 rings (SSSR count). The van der Waals surface area contributed by atoms with Gasteiger partial charge >= 0.3 is 0 Å². The number of unbranched alkanes of at least 4 members (excludes halogenated alkanes) is 3. The normalized spacial score (nSPS) is 11.3. The third-order valence-electron chi connectivity index (χ3n) is 2.84. The van der Waals surface area contributed by atoms with Crippen LogP contribution in [-0.4, -0.2) is 26.7 Å². The Balaban J connectivity index is 2.48. The molecule has 1 amide bonds. The van der Waals surface area contributed by atoms with E-state index in [9.17, 15) is 13.2 Å². The van der Waals surface area contributed by atoms with Crippen LogP contribution < -0.4 is 10.0 Å². The Morgan fingerprint density at radius 3 is 2.29 bits per heavy atom. The second-order valence-electron chi connectivity index (χ2n) is 4.71. The van der Waals surface area contributed by atoms with Gasteiger partial charge in [-0.25, -0.2) is 13.1 Å². The van der Waals surface area contributed by atoms with Crippen LogP contribution in [0.2, 0.25) is 0 Å².